The fourth-order valence-corrected chi connectivity index (χ4v) is 5.50. The first-order valence-electron chi connectivity index (χ1n) is 13.1. The third-order valence-corrected chi connectivity index (χ3v) is 7.57. The normalized spacial score (nSPS) is 18.4. The summed E-state index contributed by atoms with van der Waals surface area (Å²) in [5, 5.41) is -0.239. The molecule has 7 heteroatoms. The second-order valence-electron chi connectivity index (χ2n) is 10.2. The van der Waals surface area contributed by atoms with Gasteiger partial charge in [-0.1, -0.05) is 82.6 Å². The number of hydrogen-bond donors (Lipinski definition) is 0. The molecule has 0 unspecified atom stereocenters. The van der Waals surface area contributed by atoms with E-state index in [1.165, 1.54) is 75.6 Å². The highest BCUT2D eigenvalue weighted by atomic mass is 19.4. The van der Waals surface area contributed by atoms with E-state index in [1.807, 2.05) is 6.07 Å². The van der Waals surface area contributed by atoms with Crippen LogP contribution in [0.15, 0.2) is 42.5 Å². The standard InChI is InChI=1S/C30H32F6O/c1-2-3-4-5-19-6-8-20(9-7-19)10-11-21-12-14-24(26(31)16-21)22-13-15-25-23(17-22)18-27(32)29(28(25)33)37-30(34,35)36/h12-20H,2-11H2,1H3. The first kappa shape index (κ1) is 27.3. The fraction of sp³-hybridized carbons (Fsp3) is 0.467. The topological polar surface area (TPSA) is 9.23 Å². The van der Waals surface area contributed by atoms with Gasteiger partial charge in [0.25, 0.3) is 0 Å². The Hall–Kier alpha value is -2.70. The van der Waals surface area contributed by atoms with Gasteiger partial charge in [-0.2, -0.15) is 0 Å². The molecule has 0 N–H and O–H groups in total. The molecule has 1 nitrogen and oxygen atoms in total. The van der Waals surface area contributed by atoms with Crippen LogP contribution in [0.1, 0.15) is 70.3 Å². The number of aryl methyl sites for hydroxylation is 1. The van der Waals surface area contributed by atoms with Gasteiger partial charge in [0.05, 0.1) is 0 Å². The van der Waals surface area contributed by atoms with E-state index in [-0.39, 0.29) is 16.3 Å². The molecule has 0 aliphatic heterocycles. The Balaban J connectivity index is 1.41. The average Bonchev–Trinajstić information content (AvgIpc) is 2.85. The minimum atomic E-state index is -5.23. The maximum atomic E-state index is 15.0. The molecule has 4 rings (SSSR count). The molecule has 0 radical (unpaired) electrons. The smallest absolute Gasteiger partial charge is 0.399 e. The third kappa shape index (κ3) is 6.99. The van der Waals surface area contributed by atoms with Gasteiger partial charge in [-0.05, 0) is 59.4 Å². The Kier molecular flexibility index (Phi) is 8.71. The van der Waals surface area contributed by atoms with E-state index in [0.717, 1.165) is 30.4 Å². The van der Waals surface area contributed by atoms with Gasteiger partial charge in [0.1, 0.15) is 5.82 Å². The highest BCUT2D eigenvalue weighted by Crippen LogP contribution is 2.37. The lowest BCUT2D eigenvalue weighted by molar-refractivity contribution is -0.276. The summed E-state index contributed by atoms with van der Waals surface area (Å²) in [6.45, 7) is 2.23. The Labute approximate surface area is 213 Å². The average molecular weight is 523 g/mol. The van der Waals surface area contributed by atoms with Crippen LogP contribution >= 0.6 is 0 Å². The summed E-state index contributed by atoms with van der Waals surface area (Å²) >= 11 is 0. The van der Waals surface area contributed by atoms with Crippen molar-refractivity contribution in [3.8, 4) is 16.9 Å². The van der Waals surface area contributed by atoms with Crippen molar-refractivity contribution in [1.29, 1.82) is 0 Å². The van der Waals surface area contributed by atoms with Gasteiger partial charge < -0.3 is 4.74 Å². The SMILES string of the molecule is CCCCCC1CCC(CCc2ccc(-c3ccc4c(F)c(OC(F)(F)F)c(F)cc4c3)c(F)c2)CC1. The van der Waals surface area contributed by atoms with Crippen LogP contribution in [-0.2, 0) is 6.42 Å². The summed E-state index contributed by atoms with van der Waals surface area (Å²) in [4.78, 5) is 0. The Morgan fingerprint density at radius 1 is 0.811 bits per heavy atom. The molecule has 0 bridgehead atoms. The molecule has 0 saturated heterocycles. The van der Waals surface area contributed by atoms with Gasteiger partial charge in [-0.25, -0.2) is 13.2 Å². The first-order chi connectivity index (χ1) is 17.6. The molecule has 1 saturated carbocycles. The lowest BCUT2D eigenvalue weighted by Gasteiger charge is -2.28. The van der Waals surface area contributed by atoms with Crippen molar-refractivity contribution in [2.24, 2.45) is 11.8 Å². The highest BCUT2D eigenvalue weighted by molar-refractivity contribution is 5.89. The van der Waals surface area contributed by atoms with Crippen LogP contribution < -0.4 is 4.74 Å². The summed E-state index contributed by atoms with van der Waals surface area (Å²) in [7, 11) is 0. The number of alkyl halides is 3. The third-order valence-electron chi connectivity index (χ3n) is 7.57. The van der Waals surface area contributed by atoms with Crippen LogP contribution in [0.2, 0.25) is 0 Å². The number of fused-ring (bicyclic) bond motifs is 1. The molecule has 0 spiro atoms. The second kappa shape index (κ2) is 11.8. The Morgan fingerprint density at radius 2 is 1.51 bits per heavy atom. The Morgan fingerprint density at radius 3 is 2.16 bits per heavy atom. The molecule has 1 aliphatic carbocycles. The quantitative estimate of drug-likeness (QED) is 0.201. The maximum absolute atomic E-state index is 15.0. The number of benzene rings is 3. The van der Waals surface area contributed by atoms with E-state index >= 15 is 4.39 Å². The minimum Gasteiger partial charge on any atom is -0.399 e. The summed E-state index contributed by atoms with van der Waals surface area (Å²) in [5.41, 5.74) is 1.54. The largest absolute Gasteiger partial charge is 0.573 e. The number of hydrogen-bond acceptors (Lipinski definition) is 1. The molecule has 1 fully saturated rings. The molecular weight excluding hydrogens is 490 g/mol. The number of rotatable bonds is 9. The van der Waals surface area contributed by atoms with Crippen molar-refractivity contribution in [2.45, 2.75) is 77.5 Å². The summed E-state index contributed by atoms with van der Waals surface area (Å²) in [6, 6.07) is 9.72. The fourth-order valence-electron chi connectivity index (χ4n) is 5.50. The predicted octanol–water partition coefficient (Wildman–Crippen LogP) is 10.1. The van der Waals surface area contributed by atoms with Crippen LogP contribution in [0, 0.1) is 29.3 Å². The van der Waals surface area contributed by atoms with Crippen LogP contribution in [0.25, 0.3) is 21.9 Å². The van der Waals surface area contributed by atoms with Crippen LogP contribution in [-0.4, -0.2) is 6.36 Å². The van der Waals surface area contributed by atoms with Crippen molar-refractivity contribution in [1.82, 2.24) is 0 Å². The van der Waals surface area contributed by atoms with Gasteiger partial charge in [0.15, 0.2) is 11.6 Å². The van der Waals surface area contributed by atoms with Gasteiger partial charge in [0.2, 0.25) is 5.75 Å². The van der Waals surface area contributed by atoms with Crippen molar-refractivity contribution in [3.05, 3.63) is 65.5 Å². The predicted molar refractivity (Wildman–Crippen MR) is 134 cm³/mol. The molecule has 0 heterocycles. The van der Waals surface area contributed by atoms with Crippen LogP contribution in [0.3, 0.4) is 0 Å². The molecule has 1 aliphatic rings. The number of ether oxygens (including phenoxy) is 1. The monoisotopic (exact) mass is 522 g/mol. The zero-order valence-corrected chi connectivity index (χ0v) is 20.9. The van der Waals surface area contributed by atoms with E-state index in [0.29, 0.717) is 11.5 Å². The zero-order valence-electron chi connectivity index (χ0n) is 20.9. The highest BCUT2D eigenvalue weighted by Gasteiger charge is 2.34. The molecule has 0 aromatic heterocycles. The molecule has 200 valence electrons. The minimum absolute atomic E-state index is 0.01000. The van der Waals surface area contributed by atoms with Gasteiger partial charge in [0, 0.05) is 10.9 Å². The van der Waals surface area contributed by atoms with Gasteiger partial charge >= 0.3 is 6.36 Å². The number of halogens is 6. The first-order valence-corrected chi connectivity index (χ1v) is 13.1. The Bertz CT molecular complexity index is 1210. The molecule has 3 aromatic rings. The summed E-state index contributed by atoms with van der Waals surface area (Å²) < 4.78 is 84.7. The van der Waals surface area contributed by atoms with Crippen LogP contribution in [0.5, 0.6) is 5.75 Å². The van der Waals surface area contributed by atoms with E-state index < -0.39 is 29.6 Å². The molecule has 37 heavy (non-hydrogen) atoms. The summed E-state index contributed by atoms with van der Waals surface area (Å²) in [5.74, 6) is -3.37. The van der Waals surface area contributed by atoms with E-state index in [2.05, 4.69) is 11.7 Å². The maximum Gasteiger partial charge on any atom is 0.573 e. The van der Waals surface area contributed by atoms with E-state index in [1.54, 1.807) is 6.07 Å². The van der Waals surface area contributed by atoms with Crippen molar-refractivity contribution in [3.63, 3.8) is 0 Å². The van der Waals surface area contributed by atoms with Crippen molar-refractivity contribution >= 4 is 10.8 Å². The van der Waals surface area contributed by atoms with Crippen molar-refractivity contribution in [2.75, 3.05) is 0 Å². The molecule has 0 amide bonds. The van der Waals surface area contributed by atoms with Gasteiger partial charge in [-0.15, -0.1) is 13.2 Å². The molecule has 0 atom stereocenters. The van der Waals surface area contributed by atoms with Crippen LogP contribution in [0.4, 0.5) is 26.3 Å². The van der Waals surface area contributed by atoms with Gasteiger partial charge in [-0.3, -0.25) is 0 Å². The lowest BCUT2D eigenvalue weighted by atomic mass is 9.78. The van der Waals surface area contributed by atoms with E-state index in [9.17, 15) is 22.0 Å². The molecular formula is C30H32F6O. The molecule has 3 aromatic carbocycles. The summed E-state index contributed by atoms with van der Waals surface area (Å²) in [6.07, 6.45) is 6.86. The van der Waals surface area contributed by atoms with Crippen molar-refractivity contribution < 1.29 is 31.1 Å². The van der Waals surface area contributed by atoms with E-state index in [4.69, 9.17) is 0 Å². The number of unbranched alkanes of at least 4 members (excludes halogenated alkanes) is 2. The lowest BCUT2D eigenvalue weighted by Crippen LogP contribution is -2.19. The second-order valence-corrected chi connectivity index (χ2v) is 10.2. The zero-order chi connectivity index (χ0) is 26.6.